The van der Waals surface area contributed by atoms with Gasteiger partial charge in [-0.15, -0.1) is 5.10 Å². The highest BCUT2D eigenvalue weighted by molar-refractivity contribution is 7.91. The first-order valence-electron chi connectivity index (χ1n) is 7.45. The maximum atomic E-state index is 13.9. The number of aromatic nitrogens is 3. The van der Waals surface area contributed by atoms with Gasteiger partial charge in [-0.1, -0.05) is 17.3 Å². The van der Waals surface area contributed by atoms with Crippen LogP contribution in [0.1, 0.15) is 22.6 Å². The fraction of sp³-hybridized carbons (Fsp3) is 0.400. The van der Waals surface area contributed by atoms with Gasteiger partial charge in [0.1, 0.15) is 11.5 Å². The molecule has 2 heterocycles. The lowest BCUT2D eigenvalue weighted by atomic mass is 10.2. The van der Waals surface area contributed by atoms with Gasteiger partial charge in [-0.05, 0) is 25.5 Å². The van der Waals surface area contributed by atoms with Crippen molar-refractivity contribution >= 4 is 15.7 Å². The van der Waals surface area contributed by atoms with Gasteiger partial charge in [0.15, 0.2) is 15.5 Å². The number of rotatable bonds is 3. The number of carbonyl (C=O) groups is 1. The van der Waals surface area contributed by atoms with E-state index in [2.05, 4.69) is 10.3 Å². The molecule has 3 rings (SSSR count). The van der Waals surface area contributed by atoms with E-state index in [1.165, 1.54) is 15.6 Å². The Kier molecular flexibility index (Phi) is 4.12. The standard InChI is InChI=1S/C15H17FN4O3S/c1-10-14(15(21)19(2)11-7-8-24(22,23)9-11)17-18-20(10)13-6-4-3-5-12(13)16/h3-6,11H,7-9H2,1-2H3/t11-/m1/s1. The molecule has 9 heteroatoms. The van der Waals surface area contributed by atoms with Gasteiger partial charge in [0, 0.05) is 13.1 Å². The Bertz CT molecular complexity index is 894. The van der Waals surface area contributed by atoms with E-state index in [-0.39, 0.29) is 28.9 Å². The fourth-order valence-corrected chi connectivity index (χ4v) is 4.57. The summed E-state index contributed by atoms with van der Waals surface area (Å²) >= 11 is 0. The Morgan fingerprint density at radius 1 is 1.38 bits per heavy atom. The van der Waals surface area contributed by atoms with Crippen molar-refractivity contribution in [2.75, 3.05) is 18.6 Å². The lowest BCUT2D eigenvalue weighted by Crippen LogP contribution is -2.38. The van der Waals surface area contributed by atoms with Gasteiger partial charge in [-0.2, -0.15) is 0 Å². The summed E-state index contributed by atoms with van der Waals surface area (Å²) in [5, 5.41) is 7.73. The number of carbonyl (C=O) groups excluding carboxylic acids is 1. The molecule has 0 saturated carbocycles. The molecule has 0 spiro atoms. The summed E-state index contributed by atoms with van der Waals surface area (Å²) in [4.78, 5) is 14.0. The van der Waals surface area contributed by atoms with Crippen LogP contribution in [0.4, 0.5) is 4.39 Å². The van der Waals surface area contributed by atoms with Crippen LogP contribution in [0.5, 0.6) is 0 Å². The molecule has 1 atom stereocenters. The molecular weight excluding hydrogens is 335 g/mol. The van der Waals surface area contributed by atoms with Gasteiger partial charge in [0.05, 0.1) is 17.2 Å². The van der Waals surface area contributed by atoms with E-state index >= 15 is 0 Å². The maximum Gasteiger partial charge on any atom is 0.276 e. The van der Waals surface area contributed by atoms with E-state index in [4.69, 9.17) is 0 Å². The Hall–Kier alpha value is -2.29. The first-order chi connectivity index (χ1) is 11.3. The van der Waals surface area contributed by atoms with E-state index < -0.39 is 21.6 Å². The summed E-state index contributed by atoms with van der Waals surface area (Å²) in [7, 11) is -1.54. The summed E-state index contributed by atoms with van der Waals surface area (Å²) in [5.41, 5.74) is 0.690. The lowest BCUT2D eigenvalue weighted by Gasteiger charge is -2.22. The van der Waals surface area contributed by atoms with Gasteiger partial charge in [-0.25, -0.2) is 17.5 Å². The van der Waals surface area contributed by atoms with Crippen molar-refractivity contribution in [1.82, 2.24) is 19.9 Å². The molecule has 0 unspecified atom stereocenters. The van der Waals surface area contributed by atoms with Crippen molar-refractivity contribution in [3.05, 3.63) is 41.5 Å². The Morgan fingerprint density at radius 2 is 2.08 bits per heavy atom. The molecule has 128 valence electrons. The third kappa shape index (κ3) is 2.91. The van der Waals surface area contributed by atoms with Crippen molar-refractivity contribution in [3.8, 4) is 5.69 Å². The minimum atomic E-state index is -3.09. The van der Waals surface area contributed by atoms with E-state index in [0.717, 1.165) is 0 Å². The molecule has 1 aliphatic rings. The summed E-state index contributed by atoms with van der Waals surface area (Å²) in [6.07, 6.45) is 0.408. The van der Waals surface area contributed by atoms with Crippen LogP contribution >= 0.6 is 0 Å². The Morgan fingerprint density at radius 3 is 2.71 bits per heavy atom. The molecular formula is C15H17FN4O3S. The summed E-state index contributed by atoms with van der Waals surface area (Å²) in [6, 6.07) is 5.69. The first kappa shape index (κ1) is 16.6. The van der Waals surface area contributed by atoms with E-state index in [1.54, 1.807) is 32.2 Å². The number of nitrogens with zero attached hydrogens (tertiary/aromatic N) is 4. The number of halogens is 1. The quantitative estimate of drug-likeness (QED) is 0.822. The number of para-hydroxylation sites is 1. The highest BCUT2D eigenvalue weighted by Crippen LogP contribution is 2.20. The fourth-order valence-electron chi connectivity index (χ4n) is 2.79. The largest absolute Gasteiger partial charge is 0.336 e. The lowest BCUT2D eigenvalue weighted by molar-refractivity contribution is 0.0741. The molecule has 1 aromatic carbocycles. The van der Waals surface area contributed by atoms with Gasteiger partial charge < -0.3 is 4.90 Å². The third-order valence-corrected chi connectivity index (χ3v) is 6.00. The van der Waals surface area contributed by atoms with Crippen LogP contribution in [0.2, 0.25) is 0 Å². The monoisotopic (exact) mass is 352 g/mol. The first-order valence-corrected chi connectivity index (χ1v) is 9.27. The van der Waals surface area contributed by atoms with Crippen LogP contribution < -0.4 is 0 Å². The minimum absolute atomic E-state index is 0.0459. The highest BCUT2D eigenvalue weighted by atomic mass is 32.2. The average Bonchev–Trinajstić information content (AvgIpc) is 3.09. The molecule has 24 heavy (non-hydrogen) atoms. The van der Waals surface area contributed by atoms with Gasteiger partial charge in [0.2, 0.25) is 0 Å². The van der Waals surface area contributed by atoms with Crippen LogP contribution in [0.25, 0.3) is 5.69 Å². The smallest absolute Gasteiger partial charge is 0.276 e. The molecule has 0 aliphatic carbocycles. The van der Waals surface area contributed by atoms with Crippen LogP contribution in [-0.4, -0.2) is 58.8 Å². The zero-order valence-electron chi connectivity index (χ0n) is 13.3. The molecule has 0 bridgehead atoms. The van der Waals surface area contributed by atoms with Gasteiger partial charge >= 0.3 is 0 Å². The highest BCUT2D eigenvalue weighted by Gasteiger charge is 2.34. The number of hydrogen-bond donors (Lipinski definition) is 0. The van der Waals surface area contributed by atoms with E-state index in [9.17, 15) is 17.6 Å². The molecule has 7 nitrogen and oxygen atoms in total. The molecule has 1 aliphatic heterocycles. The van der Waals surface area contributed by atoms with Crippen LogP contribution in [0.15, 0.2) is 24.3 Å². The van der Waals surface area contributed by atoms with Crippen molar-refractivity contribution in [2.24, 2.45) is 0 Å². The number of amides is 1. The topological polar surface area (TPSA) is 85.2 Å². The summed E-state index contributed by atoms with van der Waals surface area (Å²) < 4.78 is 38.3. The predicted octanol–water partition coefficient (Wildman–Crippen LogP) is 0.974. The van der Waals surface area contributed by atoms with Crippen LogP contribution in [0.3, 0.4) is 0 Å². The molecule has 2 aromatic rings. The van der Waals surface area contributed by atoms with E-state index in [1.807, 2.05) is 0 Å². The second-order valence-electron chi connectivity index (χ2n) is 5.86. The van der Waals surface area contributed by atoms with Gasteiger partial charge in [-0.3, -0.25) is 4.79 Å². The Balaban J connectivity index is 1.88. The molecule has 1 saturated heterocycles. The van der Waals surface area contributed by atoms with Crippen molar-refractivity contribution in [1.29, 1.82) is 0 Å². The maximum absolute atomic E-state index is 13.9. The number of hydrogen-bond acceptors (Lipinski definition) is 5. The predicted molar refractivity (Wildman–Crippen MR) is 85.2 cm³/mol. The number of sulfone groups is 1. The Labute approximate surface area is 139 Å². The summed E-state index contributed by atoms with van der Waals surface area (Å²) in [6.45, 7) is 1.62. The zero-order chi connectivity index (χ0) is 17.5. The van der Waals surface area contributed by atoms with Crippen molar-refractivity contribution in [2.45, 2.75) is 19.4 Å². The second-order valence-corrected chi connectivity index (χ2v) is 8.09. The number of benzene rings is 1. The molecule has 1 fully saturated rings. The normalized spacial score (nSPS) is 19.4. The van der Waals surface area contributed by atoms with Crippen LogP contribution in [-0.2, 0) is 9.84 Å². The second kappa shape index (κ2) is 5.97. The van der Waals surface area contributed by atoms with Crippen LogP contribution in [0, 0.1) is 12.7 Å². The summed E-state index contributed by atoms with van der Waals surface area (Å²) in [5.74, 6) is -0.858. The molecule has 1 amide bonds. The SMILES string of the molecule is Cc1c(C(=O)N(C)[C@@H]2CCS(=O)(=O)C2)nnn1-c1ccccc1F. The van der Waals surface area contributed by atoms with Gasteiger partial charge in [0.25, 0.3) is 5.91 Å². The molecule has 0 radical (unpaired) electrons. The molecule has 0 N–H and O–H groups in total. The minimum Gasteiger partial charge on any atom is -0.336 e. The van der Waals surface area contributed by atoms with Crippen molar-refractivity contribution in [3.63, 3.8) is 0 Å². The average molecular weight is 352 g/mol. The van der Waals surface area contributed by atoms with E-state index in [0.29, 0.717) is 12.1 Å². The van der Waals surface area contributed by atoms with Crippen molar-refractivity contribution < 1.29 is 17.6 Å². The molecule has 1 aromatic heterocycles. The zero-order valence-corrected chi connectivity index (χ0v) is 14.1. The third-order valence-electron chi connectivity index (χ3n) is 4.25.